The first-order valence-electron chi connectivity index (χ1n) is 11.9. The number of anilines is 1. The number of pyridine rings is 1. The Balaban J connectivity index is 1.41. The van der Waals surface area contributed by atoms with Crippen LogP contribution in [0.5, 0.6) is 5.75 Å². The highest BCUT2D eigenvalue weighted by atomic mass is 19.1. The number of nitrogens with zero attached hydrogens (tertiary/aromatic N) is 5. The second-order valence-electron chi connectivity index (χ2n) is 9.10. The second kappa shape index (κ2) is 9.58. The number of H-pyrrole nitrogens is 1. The molecule has 0 spiro atoms. The van der Waals surface area contributed by atoms with E-state index in [0.717, 1.165) is 16.7 Å². The number of ether oxygens (including phenoxy) is 1. The van der Waals surface area contributed by atoms with Gasteiger partial charge in [0.15, 0.2) is 5.65 Å². The van der Waals surface area contributed by atoms with Crippen LogP contribution in [0.2, 0.25) is 0 Å². The monoisotopic (exact) mass is 502 g/mol. The maximum absolute atomic E-state index is 14.7. The number of aromatic nitrogens is 6. The van der Waals surface area contributed by atoms with Crippen LogP contribution in [0.3, 0.4) is 0 Å². The summed E-state index contributed by atoms with van der Waals surface area (Å²) in [5.74, 6) is -0.0371. The average molecular weight is 503 g/mol. The Hall–Kier alpha value is -4.38. The fraction of sp³-hybridized carbons (Fsp3) is 0.231. The van der Waals surface area contributed by atoms with Crippen molar-refractivity contribution in [2.24, 2.45) is 0 Å². The molecule has 4 N–H and O–H groups in total. The van der Waals surface area contributed by atoms with Crippen molar-refractivity contribution >= 4 is 17.0 Å². The first-order valence-corrected chi connectivity index (χ1v) is 11.9. The van der Waals surface area contributed by atoms with E-state index in [1.807, 2.05) is 12.3 Å². The van der Waals surface area contributed by atoms with Gasteiger partial charge in [0.25, 0.3) is 0 Å². The van der Waals surface area contributed by atoms with Crippen LogP contribution in [-0.2, 0) is 19.7 Å². The molecule has 0 radical (unpaired) electrons. The Morgan fingerprint density at radius 1 is 1.05 bits per heavy atom. The Kier molecular flexibility index (Phi) is 5.97. The summed E-state index contributed by atoms with van der Waals surface area (Å²) in [7, 11) is 0. The molecule has 188 valence electrons. The first kappa shape index (κ1) is 23.0. The van der Waals surface area contributed by atoms with E-state index in [4.69, 9.17) is 10.5 Å². The zero-order chi connectivity index (χ0) is 25.4. The van der Waals surface area contributed by atoms with Gasteiger partial charge >= 0.3 is 0 Å². The largest absolute Gasteiger partial charge is 0.489 e. The average Bonchev–Trinajstić information content (AvgIpc) is 3.55. The van der Waals surface area contributed by atoms with Crippen LogP contribution in [0, 0.1) is 11.6 Å². The number of halogens is 2. The molecule has 2 aromatic carbocycles. The van der Waals surface area contributed by atoms with E-state index in [1.165, 1.54) is 18.2 Å². The van der Waals surface area contributed by atoms with Gasteiger partial charge in [0, 0.05) is 29.8 Å². The predicted molar refractivity (Wildman–Crippen MR) is 133 cm³/mol. The third kappa shape index (κ3) is 4.73. The number of rotatable bonds is 1. The van der Waals surface area contributed by atoms with Crippen molar-refractivity contribution in [1.29, 1.82) is 0 Å². The van der Waals surface area contributed by atoms with Crippen LogP contribution in [0.25, 0.3) is 11.2 Å². The van der Waals surface area contributed by atoms with Crippen LogP contribution in [-0.4, -0.2) is 36.7 Å². The molecule has 11 heteroatoms. The van der Waals surface area contributed by atoms with Crippen LogP contribution in [0.4, 0.5) is 14.6 Å². The van der Waals surface area contributed by atoms with Gasteiger partial charge in [0.2, 0.25) is 0 Å². The minimum absolute atomic E-state index is 0.0376. The highest BCUT2D eigenvalue weighted by Gasteiger charge is 2.22. The van der Waals surface area contributed by atoms with E-state index in [0.29, 0.717) is 53.4 Å². The minimum atomic E-state index is -0.373. The van der Waals surface area contributed by atoms with Crippen molar-refractivity contribution in [2.45, 2.75) is 32.0 Å². The Morgan fingerprint density at radius 3 is 2.84 bits per heavy atom. The summed E-state index contributed by atoms with van der Waals surface area (Å²) in [6, 6.07) is 11.3. The molecule has 0 amide bonds. The summed E-state index contributed by atoms with van der Waals surface area (Å²) in [5, 5.41) is 18.9. The third-order valence-electron chi connectivity index (χ3n) is 6.57. The molecule has 6 rings (SSSR count). The normalized spacial score (nSPS) is 16.3. The Bertz CT molecular complexity index is 1580. The fourth-order valence-electron chi connectivity index (χ4n) is 4.72. The van der Waals surface area contributed by atoms with Crippen molar-refractivity contribution in [2.75, 3.05) is 12.3 Å². The number of nitrogens with two attached hydrogens (primary N) is 1. The van der Waals surface area contributed by atoms with Crippen LogP contribution in [0.15, 0.2) is 54.9 Å². The Labute approximate surface area is 210 Å². The molecule has 37 heavy (non-hydrogen) atoms. The topological polar surface area (TPSA) is 120 Å². The molecule has 1 atom stereocenters. The van der Waals surface area contributed by atoms with Crippen LogP contribution >= 0.6 is 0 Å². The molecule has 0 saturated carbocycles. The van der Waals surface area contributed by atoms with Crippen molar-refractivity contribution in [1.82, 2.24) is 35.5 Å². The number of hydrogen-bond donors (Lipinski definition) is 3. The van der Waals surface area contributed by atoms with Gasteiger partial charge in [-0.2, -0.15) is 5.10 Å². The SMILES string of the molecule is Nc1cc(C2CCNCc3ccc(F)c(c3)COc3ccc(F)c(c3)Cn3cc2cn3)c2nn[nH]c2n1. The number of aromatic amines is 1. The molecule has 1 aliphatic rings. The van der Waals surface area contributed by atoms with E-state index in [9.17, 15) is 8.78 Å². The summed E-state index contributed by atoms with van der Waals surface area (Å²) >= 11 is 0. The van der Waals surface area contributed by atoms with Gasteiger partial charge in [-0.05, 0) is 66.1 Å². The van der Waals surface area contributed by atoms with E-state index >= 15 is 0 Å². The van der Waals surface area contributed by atoms with Gasteiger partial charge in [-0.15, -0.1) is 5.10 Å². The lowest BCUT2D eigenvalue weighted by Gasteiger charge is -2.17. The summed E-state index contributed by atoms with van der Waals surface area (Å²) in [6.07, 6.45) is 4.37. The lowest BCUT2D eigenvalue weighted by Crippen LogP contribution is -2.18. The smallest absolute Gasteiger partial charge is 0.178 e. The summed E-state index contributed by atoms with van der Waals surface area (Å²) in [4.78, 5) is 4.29. The third-order valence-corrected chi connectivity index (χ3v) is 6.57. The maximum Gasteiger partial charge on any atom is 0.178 e. The maximum atomic E-state index is 14.7. The van der Waals surface area contributed by atoms with Crippen LogP contribution < -0.4 is 15.8 Å². The van der Waals surface area contributed by atoms with Gasteiger partial charge < -0.3 is 15.8 Å². The quantitative estimate of drug-likeness (QED) is 0.320. The van der Waals surface area contributed by atoms with Crippen molar-refractivity contribution in [3.8, 4) is 5.75 Å². The highest BCUT2D eigenvalue weighted by Crippen LogP contribution is 2.32. The van der Waals surface area contributed by atoms with Crippen molar-refractivity contribution in [3.05, 3.63) is 94.3 Å². The molecule has 9 nitrogen and oxygen atoms in total. The van der Waals surface area contributed by atoms with E-state index in [2.05, 4.69) is 30.8 Å². The number of nitrogens with one attached hydrogen (secondary N) is 2. The van der Waals surface area contributed by atoms with E-state index < -0.39 is 0 Å². The van der Waals surface area contributed by atoms with Crippen molar-refractivity contribution < 1.29 is 13.5 Å². The molecular weight excluding hydrogens is 478 g/mol. The van der Waals surface area contributed by atoms with Gasteiger partial charge in [0.05, 0.1) is 12.7 Å². The number of fused-ring (bicyclic) bond motifs is 7. The first-order chi connectivity index (χ1) is 18.0. The van der Waals surface area contributed by atoms with Crippen molar-refractivity contribution in [3.63, 3.8) is 0 Å². The highest BCUT2D eigenvalue weighted by molar-refractivity contribution is 5.77. The zero-order valence-corrected chi connectivity index (χ0v) is 19.8. The Morgan fingerprint density at radius 2 is 1.92 bits per heavy atom. The summed E-state index contributed by atoms with van der Waals surface area (Å²) in [5.41, 5.74) is 10.8. The lowest BCUT2D eigenvalue weighted by molar-refractivity contribution is 0.298. The fourth-order valence-corrected chi connectivity index (χ4v) is 4.72. The molecule has 0 fully saturated rings. The number of nitrogen functional groups attached to an aromatic ring is 1. The van der Waals surface area contributed by atoms with Gasteiger partial charge in [-0.25, -0.2) is 18.9 Å². The molecule has 3 aromatic heterocycles. The van der Waals surface area contributed by atoms with E-state index in [1.54, 1.807) is 29.1 Å². The van der Waals surface area contributed by atoms with Gasteiger partial charge in [0.1, 0.15) is 35.3 Å². The predicted octanol–water partition coefficient (Wildman–Crippen LogP) is 3.66. The zero-order valence-electron chi connectivity index (χ0n) is 19.8. The molecule has 0 saturated heterocycles. The molecule has 6 bridgehead atoms. The standard InChI is InChI=1S/C26H24F2N8O/c27-22-4-2-19-8-16(22)12-36-13-18(11-31-36)20(21-9-24(29)32-26-25(21)33-35-34-26)5-6-30-10-15-1-3-23(28)17(7-15)14-37-19/h1-4,7-9,11,13,20,30H,5-6,10,12,14H2,(H3,29,32,33,34,35). The molecular formula is C26H24F2N8O. The molecule has 4 heterocycles. The van der Waals surface area contributed by atoms with E-state index in [-0.39, 0.29) is 30.7 Å². The molecule has 1 unspecified atom stereocenters. The van der Waals surface area contributed by atoms with Gasteiger partial charge in [-0.3, -0.25) is 4.68 Å². The molecule has 5 aromatic rings. The summed E-state index contributed by atoms with van der Waals surface area (Å²) in [6.45, 7) is 1.44. The molecule has 0 aliphatic carbocycles. The molecule has 1 aliphatic heterocycles. The second-order valence-corrected chi connectivity index (χ2v) is 9.10. The number of hydrogen-bond acceptors (Lipinski definition) is 7. The lowest BCUT2D eigenvalue weighted by atomic mass is 9.90. The number of benzene rings is 2. The van der Waals surface area contributed by atoms with Gasteiger partial charge in [-0.1, -0.05) is 11.3 Å². The van der Waals surface area contributed by atoms with Crippen LogP contribution in [0.1, 0.15) is 40.2 Å². The summed E-state index contributed by atoms with van der Waals surface area (Å²) < 4.78 is 36.6. The minimum Gasteiger partial charge on any atom is -0.489 e.